The fourth-order valence-electron chi connectivity index (χ4n) is 3.08. The minimum absolute atomic E-state index is 0.0551. The average molecular weight is 385 g/mol. The van der Waals surface area contributed by atoms with Crippen LogP contribution >= 0.6 is 0 Å². The Morgan fingerprint density at radius 2 is 1.81 bits per heavy atom. The first kappa shape index (κ1) is 17.4. The number of anilines is 1. The molecule has 138 valence electrons. The largest absolute Gasteiger partial charge is 0.506 e. The molecule has 0 spiro atoms. The van der Waals surface area contributed by atoms with Gasteiger partial charge < -0.3 is 5.11 Å². The number of nitrogens with zero attached hydrogens (tertiary/aromatic N) is 2. The molecule has 4 rings (SSSR count). The van der Waals surface area contributed by atoms with Gasteiger partial charge in [-0.15, -0.1) is 0 Å². The number of benzene rings is 2. The van der Waals surface area contributed by atoms with E-state index in [1.807, 2.05) is 30.3 Å². The lowest BCUT2D eigenvalue weighted by molar-refractivity contribution is 0.470. The van der Waals surface area contributed by atoms with Gasteiger partial charge in [-0.1, -0.05) is 30.3 Å². The number of hydrogen-bond donors (Lipinski definition) is 2. The molecule has 0 aliphatic carbocycles. The summed E-state index contributed by atoms with van der Waals surface area (Å²) < 4.78 is 41.7. The van der Waals surface area contributed by atoms with Crippen molar-refractivity contribution in [3.05, 3.63) is 66.6 Å². The summed E-state index contributed by atoms with van der Waals surface area (Å²) in [5.74, 6) is -1.24. The fourth-order valence-corrected chi connectivity index (χ4v) is 4.34. The molecule has 6 nitrogen and oxygen atoms in total. The van der Waals surface area contributed by atoms with E-state index >= 15 is 0 Å². The Morgan fingerprint density at radius 1 is 1.04 bits per heavy atom. The summed E-state index contributed by atoms with van der Waals surface area (Å²) >= 11 is 0. The highest BCUT2D eigenvalue weighted by molar-refractivity contribution is 7.91. The molecule has 0 amide bonds. The second kappa shape index (κ2) is 6.64. The molecule has 1 saturated heterocycles. The van der Waals surface area contributed by atoms with Gasteiger partial charge in [0.1, 0.15) is 11.4 Å². The minimum atomic E-state index is -3.83. The zero-order valence-electron chi connectivity index (χ0n) is 14.1. The van der Waals surface area contributed by atoms with Gasteiger partial charge in [0, 0.05) is 24.8 Å². The van der Waals surface area contributed by atoms with E-state index in [9.17, 15) is 17.9 Å². The number of phenolic OH excluding ortho intramolecular Hbond substituents is 1. The molecule has 8 heteroatoms. The van der Waals surface area contributed by atoms with E-state index in [1.54, 1.807) is 18.3 Å². The summed E-state index contributed by atoms with van der Waals surface area (Å²) in [7, 11) is -3.83. The van der Waals surface area contributed by atoms with Gasteiger partial charge in [0.25, 0.3) is 0 Å². The smallest absolute Gasteiger partial charge is 0.301 e. The zero-order valence-corrected chi connectivity index (χ0v) is 14.9. The Hall–Kier alpha value is -2.97. The van der Waals surface area contributed by atoms with Crippen molar-refractivity contribution >= 4 is 15.9 Å². The van der Waals surface area contributed by atoms with Crippen LogP contribution in [0.1, 0.15) is 0 Å². The second-order valence-electron chi connectivity index (χ2n) is 6.09. The molecule has 0 saturated carbocycles. The van der Waals surface area contributed by atoms with Crippen molar-refractivity contribution in [1.82, 2.24) is 9.71 Å². The summed E-state index contributed by atoms with van der Waals surface area (Å²) in [6, 6.07) is 15.6. The topological polar surface area (TPSA) is 82.5 Å². The van der Waals surface area contributed by atoms with Crippen molar-refractivity contribution in [3.63, 3.8) is 0 Å². The van der Waals surface area contributed by atoms with Crippen molar-refractivity contribution in [1.29, 1.82) is 0 Å². The lowest BCUT2D eigenvalue weighted by Gasteiger charge is -2.19. The first-order chi connectivity index (χ1) is 13.0. The molecular weight excluding hydrogens is 369 g/mol. The minimum Gasteiger partial charge on any atom is -0.506 e. The third-order valence-electron chi connectivity index (χ3n) is 4.35. The van der Waals surface area contributed by atoms with Crippen LogP contribution in [0, 0.1) is 5.82 Å². The van der Waals surface area contributed by atoms with Crippen molar-refractivity contribution in [2.75, 3.05) is 17.4 Å². The van der Waals surface area contributed by atoms with Crippen LogP contribution in [0.25, 0.3) is 22.4 Å². The van der Waals surface area contributed by atoms with Crippen LogP contribution in [0.15, 0.2) is 60.8 Å². The molecule has 27 heavy (non-hydrogen) atoms. The molecule has 0 unspecified atom stereocenters. The maximum atomic E-state index is 14.7. The van der Waals surface area contributed by atoms with E-state index in [0.29, 0.717) is 16.8 Å². The molecule has 1 aliphatic rings. The Kier molecular flexibility index (Phi) is 4.29. The van der Waals surface area contributed by atoms with E-state index in [2.05, 4.69) is 9.71 Å². The number of aromatic hydroxyl groups is 1. The van der Waals surface area contributed by atoms with Gasteiger partial charge in [-0.3, -0.25) is 4.98 Å². The molecule has 1 aliphatic heterocycles. The quantitative estimate of drug-likeness (QED) is 0.726. The molecule has 0 radical (unpaired) electrons. The maximum Gasteiger partial charge on any atom is 0.301 e. The monoisotopic (exact) mass is 385 g/mol. The maximum absolute atomic E-state index is 14.7. The highest BCUT2D eigenvalue weighted by atomic mass is 32.2. The Labute approximate surface area is 156 Å². The normalized spacial score (nSPS) is 15.8. The van der Waals surface area contributed by atoms with Crippen molar-refractivity contribution in [3.8, 4) is 28.1 Å². The summed E-state index contributed by atoms with van der Waals surface area (Å²) in [6.45, 7) is 0.216. The number of nitrogens with one attached hydrogen (secondary N) is 1. The number of aromatic nitrogens is 1. The van der Waals surface area contributed by atoms with Gasteiger partial charge in [-0.05, 0) is 35.4 Å². The van der Waals surface area contributed by atoms with E-state index in [1.165, 1.54) is 12.1 Å². The number of phenols is 1. The van der Waals surface area contributed by atoms with Crippen molar-refractivity contribution < 1.29 is 17.9 Å². The first-order valence-electron chi connectivity index (χ1n) is 8.27. The van der Waals surface area contributed by atoms with E-state index in [4.69, 9.17) is 0 Å². The molecule has 2 aromatic carbocycles. The van der Waals surface area contributed by atoms with Gasteiger partial charge in [-0.2, -0.15) is 13.1 Å². The molecule has 2 N–H and O–H groups in total. The molecule has 1 fully saturated rings. The fraction of sp³-hybridized carbons (Fsp3) is 0.105. The molecule has 0 bridgehead atoms. The van der Waals surface area contributed by atoms with Crippen LogP contribution in [0.3, 0.4) is 0 Å². The van der Waals surface area contributed by atoms with Crippen LogP contribution in [0.4, 0.5) is 10.1 Å². The summed E-state index contributed by atoms with van der Waals surface area (Å²) in [6.07, 6.45) is 1.61. The van der Waals surface area contributed by atoms with Gasteiger partial charge in [0.15, 0.2) is 5.82 Å². The number of rotatable bonds is 3. The predicted molar refractivity (Wildman–Crippen MR) is 101 cm³/mol. The molecule has 0 atom stereocenters. The van der Waals surface area contributed by atoms with E-state index in [-0.39, 0.29) is 18.8 Å². The van der Waals surface area contributed by atoms with Crippen LogP contribution in [-0.2, 0) is 10.2 Å². The first-order valence-corrected chi connectivity index (χ1v) is 9.71. The third kappa shape index (κ3) is 3.24. The molecular formula is C19H16FN3O3S. The van der Waals surface area contributed by atoms with E-state index < -0.39 is 21.8 Å². The molecule has 1 aromatic heterocycles. The van der Waals surface area contributed by atoms with Crippen LogP contribution in [0.2, 0.25) is 0 Å². The highest BCUT2D eigenvalue weighted by Crippen LogP contribution is 2.37. The Balaban J connectivity index is 1.76. The van der Waals surface area contributed by atoms with Crippen molar-refractivity contribution in [2.24, 2.45) is 0 Å². The number of pyridine rings is 1. The number of halogens is 1. The van der Waals surface area contributed by atoms with Crippen LogP contribution in [0.5, 0.6) is 5.75 Å². The SMILES string of the molecule is O=S1(=O)NCCN1c1c(O)cc(-c2ccnc(-c3ccccc3)c2)cc1F. The van der Waals surface area contributed by atoms with Gasteiger partial charge in [-0.25, -0.2) is 8.70 Å². The predicted octanol–water partition coefficient (Wildman–Crippen LogP) is 2.91. The number of hydrogen-bond acceptors (Lipinski definition) is 4. The Morgan fingerprint density at radius 3 is 2.48 bits per heavy atom. The summed E-state index contributed by atoms with van der Waals surface area (Å²) in [4.78, 5) is 4.33. The van der Waals surface area contributed by atoms with Gasteiger partial charge >= 0.3 is 10.2 Å². The van der Waals surface area contributed by atoms with E-state index in [0.717, 1.165) is 9.87 Å². The lowest BCUT2D eigenvalue weighted by atomic mass is 10.0. The van der Waals surface area contributed by atoms with Gasteiger partial charge in [0.2, 0.25) is 0 Å². The van der Waals surface area contributed by atoms with Crippen LogP contribution in [-0.4, -0.2) is 31.6 Å². The third-order valence-corrected chi connectivity index (χ3v) is 5.86. The highest BCUT2D eigenvalue weighted by Gasteiger charge is 2.32. The second-order valence-corrected chi connectivity index (χ2v) is 7.77. The standard InChI is InChI=1S/C19H16FN3O3S/c20-16-10-15(12-18(24)19(16)23-9-8-22-27(23,25)26)14-6-7-21-17(11-14)13-4-2-1-3-5-13/h1-7,10-12,22,24H,8-9H2. The average Bonchev–Trinajstić information content (AvgIpc) is 3.01. The summed E-state index contributed by atoms with van der Waals surface area (Å²) in [5.41, 5.74) is 2.37. The van der Waals surface area contributed by atoms with Crippen molar-refractivity contribution in [2.45, 2.75) is 0 Å². The molecule has 2 heterocycles. The molecule has 3 aromatic rings. The van der Waals surface area contributed by atoms with Crippen LogP contribution < -0.4 is 9.03 Å². The Bertz CT molecular complexity index is 1080. The lowest BCUT2D eigenvalue weighted by Crippen LogP contribution is -2.30. The van der Waals surface area contributed by atoms with Gasteiger partial charge in [0.05, 0.1) is 5.69 Å². The zero-order chi connectivity index (χ0) is 19.0. The summed E-state index contributed by atoms with van der Waals surface area (Å²) in [5, 5.41) is 10.3.